The molecule has 1 aliphatic rings. The van der Waals surface area contributed by atoms with Crippen LogP contribution >= 0.6 is 11.6 Å². The lowest BCUT2D eigenvalue weighted by atomic mass is 10.3. The zero-order chi connectivity index (χ0) is 20.1. The Bertz CT molecular complexity index is 941. The average Bonchev–Trinajstić information content (AvgIpc) is 3.22. The predicted octanol–water partition coefficient (Wildman–Crippen LogP) is 3.15. The summed E-state index contributed by atoms with van der Waals surface area (Å²) in [4.78, 5) is 13.8. The van der Waals surface area contributed by atoms with Crippen molar-refractivity contribution >= 4 is 33.2 Å². The fraction of sp³-hybridized carbons (Fsp3) is 0.316. The zero-order valence-corrected chi connectivity index (χ0v) is 16.9. The molecule has 0 atom stereocenters. The molecule has 0 unspecified atom stereocenters. The van der Waals surface area contributed by atoms with Gasteiger partial charge in [0.2, 0.25) is 0 Å². The number of benzene rings is 2. The molecule has 7 nitrogen and oxygen atoms in total. The number of likely N-dealkylation sites (tertiary alicyclic amines) is 1. The first-order valence-corrected chi connectivity index (χ1v) is 10.6. The van der Waals surface area contributed by atoms with Gasteiger partial charge in [-0.3, -0.25) is 9.52 Å². The molecule has 2 aromatic rings. The number of rotatable bonds is 7. The topological polar surface area (TPSA) is 84.9 Å². The summed E-state index contributed by atoms with van der Waals surface area (Å²) in [5, 5.41) is 0.117. The number of amides is 1. The van der Waals surface area contributed by atoms with Crippen molar-refractivity contribution in [3.8, 4) is 11.5 Å². The molecule has 28 heavy (non-hydrogen) atoms. The summed E-state index contributed by atoms with van der Waals surface area (Å²) in [6.07, 6.45) is 2.00. The number of anilines is 1. The van der Waals surface area contributed by atoms with Gasteiger partial charge in [0, 0.05) is 18.8 Å². The van der Waals surface area contributed by atoms with Gasteiger partial charge in [-0.1, -0.05) is 11.6 Å². The summed E-state index contributed by atoms with van der Waals surface area (Å²) < 4.78 is 38.1. The summed E-state index contributed by atoms with van der Waals surface area (Å²) in [7, 11) is -2.29. The average molecular weight is 425 g/mol. The van der Waals surface area contributed by atoms with Crippen LogP contribution in [0.25, 0.3) is 0 Å². The Labute approximate surface area is 169 Å². The van der Waals surface area contributed by atoms with E-state index in [0.29, 0.717) is 11.4 Å². The van der Waals surface area contributed by atoms with E-state index in [2.05, 4.69) is 4.72 Å². The van der Waals surface area contributed by atoms with Crippen LogP contribution in [0.5, 0.6) is 11.5 Å². The minimum absolute atomic E-state index is 0.00784. The predicted molar refractivity (Wildman–Crippen MR) is 107 cm³/mol. The van der Waals surface area contributed by atoms with Gasteiger partial charge in [0.25, 0.3) is 15.9 Å². The highest BCUT2D eigenvalue weighted by Gasteiger charge is 2.20. The van der Waals surface area contributed by atoms with Crippen molar-refractivity contribution in [1.29, 1.82) is 0 Å². The van der Waals surface area contributed by atoms with Crippen molar-refractivity contribution in [3.63, 3.8) is 0 Å². The second kappa shape index (κ2) is 8.70. The molecule has 1 aliphatic heterocycles. The number of ether oxygens (including phenoxy) is 2. The molecule has 1 amide bonds. The Hall–Kier alpha value is -2.45. The van der Waals surface area contributed by atoms with Crippen molar-refractivity contribution in [2.75, 3.05) is 31.5 Å². The van der Waals surface area contributed by atoms with Crippen molar-refractivity contribution < 1.29 is 22.7 Å². The monoisotopic (exact) mass is 424 g/mol. The third-order valence-corrected chi connectivity index (χ3v) is 6.04. The van der Waals surface area contributed by atoms with E-state index >= 15 is 0 Å². The number of hydrogen-bond acceptors (Lipinski definition) is 5. The Morgan fingerprint density at radius 1 is 1.14 bits per heavy atom. The Morgan fingerprint density at radius 3 is 2.43 bits per heavy atom. The van der Waals surface area contributed by atoms with Crippen molar-refractivity contribution in [3.05, 3.63) is 47.5 Å². The summed E-state index contributed by atoms with van der Waals surface area (Å²) >= 11 is 6.16. The molecule has 3 rings (SSSR count). The summed E-state index contributed by atoms with van der Waals surface area (Å²) in [5.74, 6) is 0.778. The lowest BCUT2D eigenvalue weighted by Gasteiger charge is -2.16. The molecule has 2 aromatic carbocycles. The number of sulfonamides is 1. The summed E-state index contributed by atoms with van der Waals surface area (Å²) in [6.45, 7) is 1.35. The number of hydrogen-bond donors (Lipinski definition) is 1. The van der Waals surface area contributed by atoms with E-state index in [1.165, 1.54) is 25.3 Å². The van der Waals surface area contributed by atoms with Crippen LogP contribution in [0.4, 0.5) is 5.69 Å². The number of nitrogens with zero attached hydrogens (tertiary/aromatic N) is 1. The largest absolute Gasteiger partial charge is 0.497 e. The van der Waals surface area contributed by atoms with Crippen molar-refractivity contribution in [1.82, 2.24) is 4.90 Å². The van der Waals surface area contributed by atoms with Gasteiger partial charge in [-0.2, -0.15) is 0 Å². The molecule has 1 fully saturated rings. The van der Waals surface area contributed by atoms with Gasteiger partial charge in [-0.05, 0) is 55.3 Å². The highest BCUT2D eigenvalue weighted by Crippen LogP contribution is 2.28. The normalized spacial score (nSPS) is 14.0. The highest BCUT2D eigenvalue weighted by atomic mass is 35.5. The zero-order valence-electron chi connectivity index (χ0n) is 15.4. The number of halogens is 1. The Morgan fingerprint density at radius 2 is 1.82 bits per heavy atom. The first kappa shape index (κ1) is 20.3. The molecule has 0 bridgehead atoms. The maximum atomic E-state index is 12.6. The number of carbonyl (C=O) groups is 1. The van der Waals surface area contributed by atoms with E-state index in [4.69, 9.17) is 21.1 Å². The molecule has 0 aliphatic carbocycles. The lowest BCUT2D eigenvalue weighted by Crippen LogP contribution is -2.32. The minimum Gasteiger partial charge on any atom is -0.497 e. The third-order valence-electron chi connectivity index (χ3n) is 4.37. The smallest absolute Gasteiger partial charge is 0.261 e. The van der Waals surface area contributed by atoms with Crippen LogP contribution in [0.15, 0.2) is 47.4 Å². The molecular formula is C19H21ClN2O5S. The summed E-state index contributed by atoms with van der Waals surface area (Å²) in [5.41, 5.74) is 0.397. The molecule has 1 saturated heterocycles. The second-order valence-corrected chi connectivity index (χ2v) is 8.39. The molecule has 1 N–H and O–H groups in total. The van der Waals surface area contributed by atoms with Crippen molar-refractivity contribution in [2.24, 2.45) is 0 Å². The van der Waals surface area contributed by atoms with E-state index in [-0.39, 0.29) is 28.2 Å². The molecule has 0 radical (unpaired) electrons. The lowest BCUT2D eigenvalue weighted by molar-refractivity contribution is -0.132. The highest BCUT2D eigenvalue weighted by molar-refractivity contribution is 7.92. The Kier molecular flexibility index (Phi) is 6.31. The SMILES string of the molecule is COc1ccc(NS(=O)(=O)c2ccc(OCC(=O)N3CCCC3)c(Cl)c2)cc1. The third kappa shape index (κ3) is 4.88. The number of methoxy groups -OCH3 is 1. The van der Waals surface area contributed by atoms with Crippen LogP contribution in [0, 0.1) is 0 Å². The van der Waals surface area contributed by atoms with Crippen molar-refractivity contribution in [2.45, 2.75) is 17.7 Å². The molecule has 0 aromatic heterocycles. The minimum atomic E-state index is -3.82. The number of nitrogens with one attached hydrogen (secondary N) is 1. The molecule has 1 heterocycles. The summed E-state index contributed by atoms with van der Waals surface area (Å²) in [6, 6.07) is 10.6. The van der Waals surface area contributed by atoms with Crippen LogP contribution < -0.4 is 14.2 Å². The molecule has 0 saturated carbocycles. The second-order valence-electron chi connectivity index (χ2n) is 6.30. The van der Waals surface area contributed by atoms with Crippen LogP contribution in [-0.4, -0.2) is 46.0 Å². The molecule has 150 valence electrons. The Balaban J connectivity index is 1.66. The van der Waals surface area contributed by atoms with E-state index in [9.17, 15) is 13.2 Å². The van der Waals surface area contributed by atoms with Gasteiger partial charge in [0.15, 0.2) is 6.61 Å². The maximum Gasteiger partial charge on any atom is 0.261 e. The molecule has 0 spiro atoms. The van der Waals surface area contributed by atoms with Gasteiger partial charge < -0.3 is 14.4 Å². The van der Waals surface area contributed by atoms with E-state index in [1.54, 1.807) is 29.2 Å². The first-order chi connectivity index (χ1) is 13.4. The van der Waals surface area contributed by atoms with Crippen LogP contribution in [0.2, 0.25) is 5.02 Å². The molecule has 9 heteroatoms. The van der Waals surface area contributed by atoms with E-state index in [0.717, 1.165) is 25.9 Å². The quantitative estimate of drug-likeness (QED) is 0.738. The van der Waals surface area contributed by atoms with E-state index in [1.807, 2.05) is 0 Å². The van der Waals surface area contributed by atoms with Gasteiger partial charge >= 0.3 is 0 Å². The van der Waals surface area contributed by atoms with Crippen LogP contribution in [0.3, 0.4) is 0 Å². The first-order valence-electron chi connectivity index (χ1n) is 8.76. The maximum absolute atomic E-state index is 12.6. The van der Waals surface area contributed by atoms with Gasteiger partial charge in [-0.15, -0.1) is 0 Å². The fourth-order valence-electron chi connectivity index (χ4n) is 2.84. The van der Waals surface area contributed by atoms with Crippen LogP contribution in [-0.2, 0) is 14.8 Å². The standard InChI is InChI=1S/C19H21ClN2O5S/c1-26-15-6-4-14(5-7-15)21-28(24,25)16-8-9-18(17(20)12-16)27-13-19(23)22-10-2-3-11-22/h4-9,12,21H,2-3,10-11,13H2,1H3. The fourth-order valence-corrected chi connectivity index (χ4v) is 4.22. The number of carbonyl (C=O) groups excluding carboxylic acids is 1. The van der Waals surface area contributed by atoms with Crippen LogP contribution in [0.1, 0.15) is 12.8 Å². The van der Waals surface area contributed by atoms with Gasteiger partial charge in [0.05, 0.1) is 17.0 Å². The van der Waals surface area contributed by atoms with E-state index < -0.39 is 10.0 Å². The van der Waals surface area contributed by atoms with Gasteiger partial charge in [-0.25, -0.2) is 8.42 Å². The molecular weight excluding hydrogens is 404 g/mol. The van der Waals surface area contributed by atoms with Gasteiger partial charge in [0.1, 0.15) is 11.5 Å².